The first-order valence-corrected chi connectivity index (χ1v) is 12.2. The van der Waals surface area contributed by atoms with E-state index in [1.54, 1.807) is 0 Å². The van der Waals surface area contributed by atoms with Crippen molar-refractivity contribution in [3.05, 3.63) is 0 Å². The van der Waals surface area contributed by atoms with Crippen LogP contribution >= 0.6 is 0 Å². The number of unbranched alkanes of at least 4 members (excludes halogenated alkanes) is 10. The topological polar surface area (TPSA) is 32.3 Å². The van der Waals surface area contributed by atoms with Crippen LogP contribution in [0.1, 0.15) is 97.3 Å². The molecule has 0 fully saturated rings. The lowest BCUT2D eigenvalue weighted by Crippen LogP contribution is -3.00. The predicted molar refractivity (Wildman–Crippen MR) is 126 cm³/mol. The molecule has 184 valence electrons. The Morgan fingerprint density at radius 1 is 0.667 bits per heavy atom. The Labute approximate surface area is 202 Å². The van der Waals surface area contributed by atoms with E-state index in [-0.39, 0.29) is 24.8 Å². The van der Waals surface area contributed by atoms with Gasteiger partial charge < -0.3 is 29.3 Å². The number of rotatable bonds is 18. The van der Waals surface area contributed by atoms with Gasteiger partial charge in [0.25, 0.3) is 0 Å². The second-order valence-corrected chi connectivity index (χ2v) is 9.51. The van der Waals surface area contributed by atoms with E-state index in [0.29, 0.717) is 0 Å². The molecule has 0 saturated carbocycles. The number of nitrogens with two attached hydrogens (primary N) is 1. The van der Waals surface area contributed by atoms with Crippen molar-refractivity contribution in [3.63, 3.8) is 0 Å². The summed E-state index contributed by atoms with van der Waals surface area (Å²) >= 11 is 0. The molecule has 0 spiro atoms. The molecule has 0 aliphatic heterocycles. The van der Waals surface area contributed by atoms with E-state index in [1.165, 1.54) is 96.6 Å². The molecule has 0 saturated heterocycles. The molecule has 30 heavy (non-hydrogen) atoms. The van der Waals surface area contributed by atoms with E-state index < -0.39 is 0 Å². The maximum atomic E-state index is 6.37. The van der Waals surface area contributed by atoms with Crippen molar-refractivity contribution in [1.29, 1.82) is 0 Å². The van der Waals surface area contributed by atoms with Crippen molar-refractivity contribution in [1.82, 2.24) is 4.90 Å². The van der Waals surface area contributed by atoms with Gasteiger partial charge >= 0.3 is 5.96 Å². The van der Waals surface area contributed by atoms with E-state index in [4.69, 9.17) is 5.73 Å². The van der Waals surface area contributed by atoms with Crippen LogP contribution in [-0.2, 0) is 0 Å². The van der Waals surface area contributed by atoms with Gasteiger partial charge in [-0.2, -0.15) is 0 Å². The molecule has 0 aromatic rings. The van der Waals surface area contributed by atoms with Gasteiger partial charge in [-0.05, 0) is 19.3 Å². The van der Waals surface area contributed by atoms with Crippen molar-refractivity contribution < 1.29 is 33.9 Å². The van der Waals surface area contributed by atoms with Crippen LogP contribution in [0.3, 0.4) is 0 Å². The summed E-state index contributed by atoms with van der Waals surface area (Å²) in [6.45, 7) is 9.29. The van der Waals surface area contributed by atoms with Gasteiger partial charge in [-0.3, -0.25) is 15.2 Å². The predicted octanol–water partition coefficient (Wildman–Crippen LogP) is -0.929. The van der Waals surface area contributed by atoms with Crippen molar-refractivity contribution in [3.8, 4) is 0 Å². The summed E-state index contributed by atoms with van der Waals surface area (Å²) < 4.78 is 3.20. The minimum atomic E-state index is 0. The maximum absolute atomic E-state index is 6.37. The molecule has 0 aliphatic carbocycles. The standard InChI is InChI=1S/C24H53N4.2ClH/c1-7-9-11-13-15-17-20-27(24(25)26(3)4)21-19-23-28(5,6)22-18-16-14-12-10-8-2;;/h25H,7-23H2,1-6H3;2*1H/q+1;;/p-1. The molecule has 0 rings (SSSR count). The fourth-order valence-corrected chi connectivity index (χ4v) is 3.83. The van der Waals surface area contributed by atoms with Crippen LogP contribution in [0, 0.1) is 0 Å². The van der Waals surface area contributed by atoms with E-state index in [9.17, 15) is 0 Å². The minimum absolute atomic E-state index is 0. The van der Waals surface area contributed by atoms with Crippen LogP contribution < -0.4 is 30.5 Å². The fourth-order valence-electron chi connectivity index (χ4n) is 3.83. The van der Waals surface area contributed by atoms with Crippen LogP contribution in [0.15, 0.2) is 0 Å². The molecule has 0 heterocycles. The molecular weight excluding hydrogens is 415 g/mol. The van der Waals surface area contributed by atoms with Crippen LogP contribution in [0.5, 0.6) is 0 Å². The van der Waals surface area contributed by atoms with Gasteiger partial charge in [-0.15, -0.1) is 0 Å². The highest BCUT2D eigenvalue weighted by Gasteiger charge is 2.19. The Morgan fingerprint density at radius 3 is 1.57 bits per heavy atom. The Bertz CT molecular complexity index is 397. The monoisotopic (exact) mass is 468 g/mol. The largest absolute Gasteiger partial charge is 1.00 e. The van der Waals surface area contributed by atoms with Crippen LogP contribution in [0.25, 0.3) is 0 Å². The molecule has 2 N–H and O–H groups in total. The molecule has 0 unspecified atom stereocenters. The van der Waals surface area contributed by atoms with E-state index >= 15 is 0 Å². The lowest BCUT2D eigenvalue weighted by molar-refractivity contribution is -0.890. The first-order chi connectivity index (χ1) is 13.3. The molecule has 4 nitrogen and oxygen atoms in total. The third-order valence-corrected chi connectivity index (χ3v) is 5.87. The fraction of sp³-hybridized carbons (Fsp3) is 0.958. The molecule has 0 amide bonds. The van der Waals surface area contributed by atoms with Gasteiger partial charge in [-0.25, -0.2) is 0 Å². The van der Waals surface area contributed by atoms with Crippen LogP contribution in [0.4, 0.5) is 0 Å². The van der Waals surface area contributed by atoms with Crippen LogP contribution in [-0.4, -0.2) is 74.3 Å². The number of hydrogen-bond donors (Lipinski definition) is 1. The van der Waals surface area contributed by atoms with E-state index in [2.05, 4.69) is 51.5 Å². The van der Waals surface area contributed by atoms with E-state index in [0.717, 1.165) is 23.5 Å². The average Bonchev–Trinajstić information content (AvgIpc) is 2.65. The molecule has 0 bridgehead atoms. The lowest BCUT2D eigenvalue weighted by atomic mass is 10.1. The zero-order valence-electron chi connectivity index (χ0n) is 21.2. The first-order valence-electron chi connectivity index (χ1n) is 12.2. The average molecular weight is 470 g/mol. The van der Waals surface area contributed by atoms with Gasteiger partial charge in [0.2, 0.25) is 0 Å². The quantitative estimate of drug-likeness (QED) is 0.0925. The van der Waals surface area contributed by atoms with Crippen molar-refractivity contribution in [2.75, 3.05) is 54.4 Å². The summed E-state index contributed by atoms with van der Waals surface area (Å²) in [6, 6.07) is 0. The maximum Gasteiger partial charge on any atom is 0.345 e. The number of nitrogens with zero attached hydrogens (tertiary/aromatic N) is 3. The molecule has 0 aliphatic rings. The number of quaternary nitrogens is 1. The molecular formula is C24H54Cl2N4. The molecule has 0 atom stereocenters. The van der Waals surface area contributed by atoms with Crippen molar-refractivity contribution in [2.24, 2.45) is 5.73 Å². The molecule has 0 aromatic carbocycles. The van der Waals surface area contributed by atoms with Gasteiger partial charge in [-0.1, -0.05) is 71.6 Å². The summed E-state index contributed by atoms with van der Waals surface area (Å²) in [4.78, 5) is 2.41. The summed E-state index contributed by atoms with van der Waals surface area (Å²) in [5.41, 5.74) is 6.37. The normalized spacial score (nSPS) is 10.9. The molecule has 0 aromatic heterocycles. The Morgan fingerprint density at radius 2 is 1.07 bits per heavy atom. The summed E-state index contributed by atoms with van der Waals surface area (Å²) in [5, 5.41) is 0. The zero-order chi connectivity index (χ0) is 21.3. The Kier molecular flexibility index (Phi) is 25.3. The highest BCUT2D eigenvalue weighted by molar-refractivity contribution is 5.72. The summed E-state index contributed by atoms with van der Waals surface area (Å²) in [5.74, 6) is 0.926. The number of halogens is 2. The van der Waals surface area contributed by atoms with E-state index in [1.807, 2.05) is 0 Å². The van der Waals surface area contributed by atoms with Crippen LogP contribution in [0.2, 0.25) is 0 Å². The second-order valence-electron chi connectivity index (χ2n) is 9.51. The third-order valence-electron chi connectivity index (χ3n) is 5.87. The first kappa shape index (κ1) is 34.4. The Hall–Kier alpha value is -0.190. The van der Waals surface area contributed by atoms with Gasteiger partial charge in [0, 0.05) is 6.42 Å². The molecule has 0 radical (unpaired) electrons. The van der Waals surface area contributed by atoms with Crippen molar-refractivity contribution >= 4 is 5.96 Å². The number of guanidine groups is 1. The second kappa shape index (κ2) is 22.0. The van der Waals surface area contributed by atoms with Gasteiger partial charge in [0.1, 0.15) is 0 Å². The molecule has 6 heteroatoms. The Balaban J connectivity index is -0.00000364. The minimum Gasteiger partial charge on any atom is -1.00 e. The summed E-state index contributed by atoms with van der Waals surface area (Å²) in [6.07, 6.45) is 17.6. The van der Waals surface area contributed by atoms with Gasteiger partial charge in [0.05, 0.1) is 54.4 Å². The SMILES string of the molecule is CCCCCCCCN(CCC[N+](C)(C)CCCCCCCC)C(N)=[N+](C)C.[Cl-].[Cl-]. The third kappa shape index (κ3) is 19.8. The van der Waals surface area contributed by atoms with Crippen molar-refractivity contribution in [2.45, 2.75) is 97.3 Å². The lowest BCUT2D eigenvalue weighted by Gasteiger charge is -2.30. The number of hydrogen-bond acceptors (Lipinski definition) is 0. The zero-order valence-corrected chi connectivity index (χ0v) is 22.7. The van der Waals surface area contributed by atoms with Gasteiger partial charge in [0.15, 0.2) is 0 Å². The highest BCUT2D eigenvalue weighted by atomic mass is 35.5. The smallest absolute Gasteiger partial charge is 0.345 e. The summed E-state index contributed by atoms with van der Waals surface area (Å²) in [7, 11) is 8.90. The highest BCUT2D eigenvalue weighted by Crippen LogP contribution is 2.10.